The molecule has 6 aromatic rings. The highest BCUT2D eigenvalue weighted by Crippen LogP contribution is 2.33. The minimum Gasteiger partial charge on any atom is -0.486 e. The van der Waals surface area contributed by atoms with Crippen molar-refractivity contribution in [2.75, 3.05) is 23.8 Å². The summed E-state index contributed by atoms with van der Waals surface area (Å²) >= 11 is 0. The van der Waals surface area contributed by atoms with Gasteiger partial charge in [0.1, 0.15) is 28.8 Å². The summed E-state index contributed by atoms with van der Waals surface area (Å²) in [4.78, 5) is 61.0. The SMILES string of the molecule is CCn1nc(C)cc1C(=O)Nc1nc2cc(C(N)=O)ccc2n1C/C=C/Cn1c(NC(=O)c2cc(C)nn2CC)nc2cc(C(N)=O)cc(O[C@H]3CCOC3)c21. The van der Waals surface area contributed by atoms with E-state index in [0.29, 0.717) is 83.3 Å². The van der Waals surface area contributed by atoms with E-state index in [1.54, 1.807) is 61.0 Å². The molecule has 290 valence electrons. The summed E-state index contributed by atoms with van der Waals surface area (Å²) in [6.07, 6.45) is 4.12. The molecule has 0 unspecified atom stereocenters. The topological polar surface area (TPSA) is 234 Å². The van der Waals surface area contributed by atoms with Crippen LogP contribution in [0.2, 0.25) is 0 Å². The number of hydrogen-bond donors (Lipinski definition) is 4. The third-order valence-corrected chi connectivity index (χ3v) is 9.37. The Morgan fingerprint density at radius 1 is 0.804 bits per heavy atom. The predicted octanol–water partition coefficient (Wildman–Crippen LogP) is 3.56. The first kappa shape index (κ1) is 37.5. The minimum atomic E-state index is -0.658. The normalized spacial score (nSPS) is 14.2. The van der Waals surface area contributed by atoms with Crippen LogP contribution in [0.1, 0.15) is 73.3 Å². The summed E-state index contributed by atoms with van der Waals surface area (Å²) in [7, 11) is 0. The quantitative estimate of drug-likeness (QED) is 0.118. The number of ether oxygens (including phenoxy) is 2. The van der Waals surface area contributed by atoms with Crippen molar-refractivity contribution >= 4 is 57.6 Å². The largest absolute Gasteiger partial charge is 0.486 e. The third-order valence-electron chi connectivity index (χ3n) is 9.37. The van der Waals surface area contributed by atoms with Crippen molar-refractivity contribution in [1.82, 2.24) is 38.7 Å². The Hall–Kier alpha value is -6.82. The first-order valence-corrected chi connectivity index (χ1v) is 18.2. The molecule has 18 nitrogen and oxygen atoms in total. The van der Waals surface area contributed by atoms with Crippen molar-refractivity contribution in [1.29, 1.82) is 0 Å². The Balaban J connectivity index is 1.26. The number of allylic oxidation sites excluding steroid dienone is 2. The fourth-order valence-electron chi connectivity index (χ4n) is 6.71. The van der Waals surface area contributed by atoms with Gasteiger partial charge in [-0.1, -0.05) is 12.2 Å². The lowest BCUT2D eigenvalue weighted by Crippen LogP contribution is -2.20. The smallest absolute Gasteiger partial charge is 0.276 e. The lowest BCUT2D eigenvalue weighted by Gasteiger charge is -2.16. The van der Waals surface area contributed by atoms with E-state index in [0.717, 1.165) is 0 Å². The number of carbonyl (C=O) groups excluding carboxylic acids is 4. The lowest BCUT2D eigenvalue weighted by atomic mass is 10.1. The summed E-state index contributed by atoms with van der Waals surface area (Å²) < 4.78 is 18.7. The molecule has 0 radical (unpaired) electrons. The maximum Gasteiger partial charge on any atom is 0.276 e. The standard InChI is InChI=1S/C38H42N12O6/c1-5-49-29(15-21(3)45-49)35(53)43-37-41-26-17-23(33(39)51)9-10-28(26)47(37)12-7-8-13-48-32-27(18-24(34(40)52)19-31(32)56-25-11-14-55-20-25)42-38(48)44-36(54)30-16-22(4)46-50(30)6-2/h7-10,15-19,25H,5-6,11-14,20H2,1-4H3,(H2,39,51)(H2,40,52)(H,41,43,53)(H,42,44,54)/b8-7+/t25-/m0/s1. The molecule has 1 fully saturated rings. The van der Waals surface area contributed by atoms with E-state index in [4.69, 9.17) is 25.9 Å². The van der Waals surface area contributed by atoms with Gasteiger partial charge in [0.2, 0.25) is 23.7 Å². The number of amides is 4. The van der Waals surface area contributed by atoms with Crippen LogP contribution >= 0.6 is 0 Å². The fourth-order valence-corrected chi connectivity index (χ4v) is 6.71. The zero-order valence-corrected chi connectivity index (χ0v) is 31.4. The molecule has 4 amide bonds. The lowest BCUT2D eigenvalue weighted by molar-refractivity contribution is 0.0991. The number of aryl methyl sites for hydroxylation is 4. The maximum absolute atomic E-state index is 13.7. The molecular weight excluding hydrogens is 720 g/mol. The van der Waals surface area contributed by atoms with E-state index in [1.807, 2.05) is 39.8 Å². The van der Waals surface area contributed by atoms with Gasteiger partial charge in [0, 0.05) is 43.7 Å². The monoisotopic (exact) mass is 762 g/mol. The van der Waals surface area contributed by atoms with Crippen LogP contribution in [0.15, 0.2) is 54.6 Å². The molecule has 7 rings (SSSR count). The molecule has 18 heteroatoms. The Morgan fingerprint density at radius 3 is 1.95 bits per heavy atom. The minimum absolute atomic E-state index is 0.195. The molecule has 6 N–H and O–H groups in total. The average molecular weight is 763 g/mol. The second-order valence-corrected chi connectivity index (χ2v) is 13.3. The highest BCUT2D eigenvalue weighted by Gasteiger charge is 2.25. The van der Waals surface area contributed by atoms with E-state index in [1.165, 1.54) is 0 Å². The Morgan fingerprint density at radius 2 is 1.38 bits per heavy atom. The molecule has 1 aliphatic heterocycles. The summed E-state index contributed by atoms with van der Waals surface area (Å²) in [5.74, 6) is -1.28. The number of primary amides is 2. The maximum atomic E-state index is 13.7. The van der Waals surface area contributed by atoms with Gasteiger partial charge in [0.05, 0.1) is 41.2 Å². The number of anilines is 2. The molecule has 0 spiro atoms. The number of rotatable bonds is 14. The van der Waals surface area contributed by atoms with Crippen LogP contribution in [0.3, 0.4) is 0 Å². The van der Waals surface area contributed by atoms with Gasteiger partial charge < -0.3 is 30.1 Å². The molecule has 1 saturated heterocycles. The molecule has 0 bridgehead atoms. The number of aromatic nitrogens is 8. The zero-order valence-electron chi connectivity index (χ0n) is 31.4. The van der Waals surface area contributed by atoms with Gasteiger partial charge in [-0.05, 0) is 70.2 Å². The molecular formula is C38H42N12O6. The van der Waals surface area contributed by atoms with E-state index < -0.39 is 23.6 Å². The van der Waals surface area contributed by atoms with Crippen LogP contribution in [-0.4, -0.2) is 81.6 Å². The van der Waals surface area contributed by atoms with Crippen molar-refractivity contribution in [2.45, 2.75) is 66.4 Å². The van der Waals surface area contributed by atoms with Gasteiger partial charge >= 0.3 is 0 Å². The predicted molar refractivity (Wildman–Crippen MR) is 207 cm³/mol. The number of hydrogen-bond acceptors (Lipinski definition) is 10. The summed E-state index contributed by atoms with van der Waals surface area (Å²) in [6.45, 7) is 9.73. The van der Waals surface area contributed by atoms with E-state index >= 15 is 0 Å². The summed E-state index contributed by atoms with van der Waals surface area (Å²) in [6, 6.07) is 11.4. The molecule has 0 aliphatic carbocycles. The van der Waals surface area contributed by atoms with Gasteiger partial charge in [0.25, 0.3) is 11.8 Å². The highest BCUT2D eigenvalue weighted by atomic mass is 16.5. The average Bonchev–Trinajstić information content (AvgIpc) is 4.01. The van der Waals surface area contributed by atoms with E-state index in [9.17, 15) is 19.2 Å². The third kappa shape index (κ3) is 7.45. The van der Waals surface area contributed by atoms with Crippen LogP contribution in [0.25, 0.3) is 22.1 Å². The van der Waals surface area contributed by atoms with Gasteiger partial charge in [0.15, 0.2) is 0 Å². The van der Waals surface area contributed by atoms with E-state index in [2.05, 4.69) is 25.8 Å². The van der Waals surface area contributed by atoms with Crippen molar-refractivity contribution in [2.24, 2.45) is 11.5 Å². The molecule has 1 aliphatic rings. The summed E-state index contributed by atoms with van der Waals surface area (Å²) in [5, 5.41) is 14.6. The van der Waals surface area contributed by atoms with Crippen LogP contribution in [-0.2, 0) is 30.9 Å². The Labute approximate surface area is 320 Å². The Kier molecular flexibility index (Phi) is 10.4. The van der Waals surface area contributed by atoms with Gasteiger partial charge in [-0.15, -0.1) is 0 Å². The van der Waals surface area contributed by atoms with Gasteiger partial charge in [-0.3, -0.25) is 39.2 Å². The molecule has 0 saturated carbocycles. The van der Waals surface area contributed by atoms with Crippen LogP contribution < -0.4 is 26.8 Å². The number of nitrogens with two attached hydrogens (primary N) is 2. The molecule has 4 aromatic heterocycles. The molecule has 1 atom stereocenters. The number of imidazole rings is 2. The van der Waals surface area contributed by atoms with Crippen molar-refractivity contribution in [3.8, 4) is 5.75 Å². The number of nitrogens with zero attached hydrogens (tertiary/aromatic N) is 8. The zero-order chi connectivity index (χ0) is 39.7. The first-order valence-electron chi connectivity index (χ1n) is 18.2. The van der Waals surface area contributed by atoms with Crippen LogP contribution in [0, 0.1) is 13.8 Å². The van der Waals surface area contributed by atoms with Crippen LogP contribution in [0.5, 0.6) is 5.75 Å². The number of nitrogens with one attached hydrogen (secondary N) is 2. The van der Waals surface area contributed by atoms with Crippen LogP contribution in [0.4, 0.5) is 11.9 Å². The fraction of sp³-hybridized carbons (Fsp3) is 0.316. The second kappa shape index (κ2) is 15.5. The molecule has 56 heavy (non-hydrogen) atoms. The highest BCUT2D eigenvalue weighted by molar-refractivity contribution is 6.05. The molecule has 5 heterocycles. The van der Waals surface area contributed by atoms with Gasteiger partial charge in [-0.2, -0.15) is 10.2 Å². The number of carbonyl (C=O) groups is 4. The first-order chi connectivity index (χ1) is 26.9. The Bertz CT molecular complexity index is 2530. The molecule has 2 aromatic carbocycles. The van der Waals surface area contributed by atoms with Gasteiger partial charge in [-0.25, -0.2) is 9.97 Å². The summed E-state index contributed by atoms with van der Waals surface area (Å²) in [5.41, 5.74) is 15.9. The number of benzene rings is 2. The van der Waals surface area contributed by atoms with Crippen molar-refractivity contribution < 1.29 is 28.7 Å². The van der Waals surface area contributed by atoms with E-state index in [-0.39, 0.29) is 42.2 Å². The van der Waals surface area contributed by atoms with Crippen molar-refractivity contribution in [3.63, 3.8) is 0 Å². The van der Waals surface area contributed by atoms with Crippen molar-refractivity contribution in [3.05, 3.63) is 88.5 Å². The second-order valence-electron chi connectivity index (χ2n) is 13.3. The number of fused-ring (bicyclic) bond motifs is 2.